The smallest absolute Gasteiger partial charge is 0.252 e. The molecule has 1 N–H and O–H groups in total. The maximum absolute atomic E-state index is 12.6. The molecule has 2 aromatic rings. The molecule has 118 valence electrons. The predicted octanol–water partition coefficient (Wildman–Crippen LogP) is 2.99. The van der Waals surface area contributed by atoms with Crippen molar-refractivity contribution >= 4 is 11.7 Å². The van der Waals surface area contributed by atoms with Gasteiger partial charge in [0, 0.05) is 5.56 Å². The number of fused-ring (bicyclic) bond motifs is 1. The molecule has 0 bridgehead atoms. The lowest BCUT2D eigenvalue weighted by atomic mass is 9.97. The number of aryl methyl sites for hydroxylation is 3. The van der Waals surface area contributed by atoms with Gasteiger partial charge in [0.2, 0.25) is 0 Å². The first-order valence-electron chi connectivity index (χ1n) is 7.62. The average Bonchev–Trinajstić information content (AvgIpc) is 2.49. The lowest BCUT2D eigenvalue weighted by Crippen LogP contribution is -2.47. The molecule has 0 aromatic heterocycles. The first kappa shape index (κ1) is 15.3. The summed E-state index contributed by atoms with van der Waals surface area (Å²) in [5, 5.41) is 2.81. The number of hydrogen-bond donors (Lipinski definition) is 1. The van der Waals surface area contributed by atoms with E-state index in [0.717, 1.165) is 16.7 Å². The standard InChI is InChI=1S/C19H19NO3/c1-11-8-12(2)17(13(3)9-11)19(22)20-15-10-23-16-7-5-4-6-14(16)18(15)21/h4-9,15H,10H2,1-3H3,(H,20,22). The van der Waals surface area contributed by atoms with Gasteiger partial charge in [-0.2, -0.15) is 0 Å². The molecule has 1 atom stereocenters. The maximum atomic E-state index is 12.6. The molecule has 0 fully saturated rings. The van der Waals surface area contributed by atoms with Crippen LogP contribution in [0.1, 0.15) is 37.4 Å². The van der Waals surface area contributed by atoms with Crippen LogP contribution in [0.5, 0.6) is 5.75 Å². The van der Waals surface area contributed by atoms with Crippen molar-refractivity contribution in [3.63, 3.8) is 0 Å². The lowest BCUT2D eigenvalue weighted by Gasteiger charge is -2.25. The van der Waals surface area contributed by atoms with Crippen LogP contribution in [0, 0.1) is 20.8 Å². The third-order valence-corrected chi connectivity index (χ3v) is 4.08. The lowest BCUT2D eigenvalue weighted by molar-refractivity contribution is 0.0794. The fourth-order valence-corrected chi connectivity index (χ4v) is 3.11. The summed E-state index contributed by atoms with van der Waals surface area (Å²) in [5.74, 6) is 0.231. The van der Waals surface area contributed by atoms with Crippen molar-refractivity contribution in [1.82, 2.24) is 5.32 Å². The summed E-state index contributed by atoms with van der Waals surface area (Å²) in [5.41, 5.74) is 4.07. The van der Waals surface area contributed by atoms with E-state index in [0.29, 0.717) is 16.9 Å². The number of amides is 1. The Morgan fingerprint density at radius 1 is 1.13 bits per heavy atom. The van der Waals surface area contributed by atoms with Gasteiger partial charge in [0.05, 0.1) is 5.56 Å². The number of para-hydroxylation sites is 1. The zero-order chi connectivity index (χ0) is 16.6. The Hall–Kier alpha value is -2.62. The molecule has 1 aliphatic heterocycles. The predicted molar refractivity (Wildman–Crippen MR) is 88.2 cm³/mol. The minimum atomic E-state index is -0.655. The molecule has 1 unspecified atom stereocenters. The van der Waals surface area contributed by atoms with E-state index in [2.05, 4.69) is 5.32 Å². The average molecular weight is 309 g/mol. The molecule has 3 rings (SSSR count). The van der Waals surface area contributed by atoms with Gasteiger partial charge in [0.25, 0.3) is 5.91 Å². The number of rotatable bonds is 2. The van der Waals surface area contributed by atoms with Crippen LogP contribution >= 0.6 is 0 Å². The zero-order valence-corrected chi connectivity index (χ0v) is 13.5. The Labute approximate surface area is 135 Å². The Balaban J connectivity index is 1.84. The van der Waals surface area contributed by atoms with Crippen molar-refractivity contribution in [2.75, 3.05) is 6.61 Å². The normalized spacial score (nSPS) is 16.5. The Morgan fingerprint density at radius 2 is 1.78 bits per heavy atom. The molecule has 0 radical (unpaired) electrons. The molecule has 23 heavy (non-hydrogen) atoms. The number of nitrogens with one attached hydrogen (secondary N) is 1. The van der Waals surface area contributed by atoms with Gasteiger partial charge in [-0.05, 0) is 44.0 Å². The van der Waals surface area contributed by atoms with E-state index in [1.807, 2.05) is 39.0 Å². The number of Topliss-reactive ketones (excluding diaryl/α,β-unsaturated/α-hetero) is 1. The van der Waals surface area contributed by atoms with E-state index in [9.17, 15) is 9.59 Å². The van der Waals surface area contributed by atoms with E-state index in [1.54, 1.807) is 18.2 Å². The van der Waals surface area contributed by atoms with Gasteiger partial charge in [0.15, 0.2) is 5.78 Å². The summed E-state index contributed by atoms with van der Waals surface area (Å²) >= 11 is 0. The molecule has 2 aromatic carbocycles. The zero-order valence-electron chi connectivity index (χ0n) is 13.5. The van der Waals surface area contributed by atoms with Gasteiger partial charge < -0.3 is 10.1 Å². The van der Waals surface area contributed by atoms with Gasteiger partial charge in [-0.1, -0.05) is 29.8 Å². The van der Waals surface area contributed by atoms with Crippen LogP contribution in [0.15, 0.2) is 36.4 Å². The summed E-state index contributed by atoms with van der Waals surface area (Å²) in [7, 11) is 0. The van der Waals surface area contributed by atoms with E-state index in [4.69, 9.17) is 4.74 Å². The van der Waals surface area contributed by atoms with E-state index in [-0.39, 0.29) is 18.3 Å². The second-order valence-electron chi connectivity index (χ2n) is 5.97. The van der Waals surface area contributed by atoms with Gasteiger partial charge in [-0.15, -0.1) is 0 Å². The number of hydrogen-bond acceptors (Lipinski definition) is 3. The number of carbonyl (C=O) groups is 2. The SMILES string of the molecule is Cc1cc(C)c(C(=O)NC2COc3ccccc3C2=O)c(C)c1. The van der Waals surface area contributed by atoms with Gasteiger partial charge in [-0.25, -0.2) is 0 Å². The van der Waals surface area contributed by atoms with Gasteiger partial charge in [-0.3, -0.25) is 9.59 Å². The minimum Gasteiger partial charge on any atom is -0.490 e. The molecule has 1 heterocycles. The van der Waals surface area contributed by atoms with Gasteiger partial charge in [0.1, 0.15) is 18.4 Å². The van der Waals surface area contributed by atoms with Crippen molar-refractivity contribution < 1.29 is 14.3 Å². The maximum Gasteiger partial charge on any atom is 0.252 e. The highest BCUT2D eigenvalue weighted by Gasteiger charge is 2.30. The summed E-state index contributed by atoms with van der Waals surface area (Å²) in [6.45, 7) is 5.97. The number of ether oxygens (including phenoxy) is 1. The highest BCUT2D eigenvalue weighted by molar-refractivity contribution is 6.07. The Bertz CT molecular complexity index is 772. The van der Waals surface area contributed by atoms with Crippen LogP contribution in [-0.2, 0) is 0 Å². The third-order valence-electron chi connectivity index (χ3n) is 4.08. The fourth-order valence-electron chi connectivity index (χ4n) is 3.11. The highest BCUT2D eigenvalue weighted by Crippen LogP contribution is 2.24. The molecule has 1 aliphatic rings. The van der Waals surface area contributed by atoms with Crippen molar-refractivity contribution in [3.05, 3.63) is 64.2 Å². The number of carbonyl (C=O) groups excluding carboxylic acids is 2. The fraction of sp³-hybridized carbons (Fsp3) is 0.263. The van der Waals surface area contributed by atoms with Crippen LogP contribution in [-0.4, -0.2) is 24.3 Å². The van der Waals surface area contributed by atoms with E-state index >= 15 is 0 Å². The van der Waals surface area contributed by atoms with Crippen LogP contribution in [0.3, 0.4) is 0 Å². The molecule has 4 heteroatoms. The van der Waals surface area contributed by atoms with Crippen LogP contribution in [0.4, 0.5) is 0 Å². The second kappa shape index (κ2) is 5.88. The van der Waals surface area contributed by atoms with Crippen molar-refractivity contribution in [3.8, 4) is 5.75 Å². The monoisotopic (exact) mass is 309 g/mol. The van der Waals surface area contributed by atoms with Crippen LogP contribution in [0.2, 0.25) is 0 Å². The third kappa shape index (κ3) is 2.84. The molecular formula is C19H19NO3. The largest absolute Gasteiger partial charge is 0.490 e. The molecule has 4 nitrogen and oxygen atoms in total. The first-order chi connectivity index (χ1) is 11.0. The van der Waals surface area contributed by atoms with Crippen molar-refractivity contribution in [2.45, 2.75) is 26.8 Å². The molecule has 0 saturated carbocycles. The molecule has 0 saturated heterocycles. The minimum absolute atomic E-state index is 0.109. The Kier molecular flexibility index (Phi) is 3.90. The number of ketones is 1. The second-order valence-corrected chi connectivity index (χ2v) is 5.97. The molecular weight excluding hydrogens is 290 g/mol. The van der Waals surface area contributed by atoms with E-state index < -0.39 is 6.04 Å². The Morgan fingerprint density at radius 3 is 2.48 bits per heavy atom. The quantitative estimate of drug-likeness (QED) is 0.928. The summed E-state index contributed by atoms with van der Waals surface area (Å²) < 4.78 is 5.59. The van der Waals surface area contributed by atoms with Gasteiger partial charge >= 0.3 is 0 Å². The molecule has 0 spiro atoms. The van der Waals surface area contributed by atoms with E-state index in [1.165, 1.54) is 0 Å². The molecule has 1 amide bonds. The van der Waals surface area contributed by atoms with Crippen LogP contribution in [0.25, 0.3) is 0 Å². The van der Waals surface area contributed by atoms with Crippen LogP contribution < -0.4 is 10.1 Å². The highest BCUT2D eigenvalue weighted by atomic mass is 16.5. The first-order valence-corrected chi connectivity index (χ1v) is 7.62. The number of benzene rings is 2. The topological polar surface area (TPSA) is 55.4 Å². The van der Waals surface area contributed by atoms with Crippen molar-refractivity contribution in [2.24, 2.45) is 0 Å². The molecule has 0 aliphatic carbocycles. The summed E-state index contributed by atoms with van der Waals surface area (Å²) in [6, 6.07) is 10.4. The summed E-state index contributed by atoms with van der Waals surface area (Å²) in [6.07, 6.45) is 0. The van der Waals surface area contributed by atoms with Crippen molar-refractivity contribution in [1.29, 1.82) is 0 Å². The summed E-state index contributed by atoms with van der Waals surface area (Å²) in [4.78, 5) is 25.1.